The Labute approximate surface area is 441 Å². The van der Waals surface area contributed by atoms with Crippen molar-refractivity contribution < 1.29 is 58.2 Å². The lowest BCUT2D eigenvalue weighted by Gasteiger charge is -2.40. The van der Waals surface area contributed by atoms with E-state index in [0.29, 0.717) is 19.3 Å². The van der Waals surface area contributed by atoms with Gasteiger partial charge in [0.25, 0.3) is 0 Å². The minimum absolute atomic E-state index is 0.0376. The first-order valence-electron chi connectivity index (χ1n) is 28.6. The molecule has 0 saturated carbocycles. The molecule has 12 nitrogen and oxygen atoms in total. The number of hydrogen-bond acceptors (Lipinski definition) is 11. The summed E-state index contributed by atoms with van der Waals surface area (Å²) in [4.78, 5) is 51.0. The third kappa shape index (κ3) is 39.0. The fourth-order valence-corrected chi connectivity index (χ4v) is 8.04. The number of allylic oxidation sites excluding steroid dienone is 14. The number of hydrogen-bond donors (Lipinski definition) is 3. The van der Waals surface area contributed by atoms with Gasteiger partial charge in [-0.25, -0.2) is 4.79 Å². The molecule has 1 aliphatic rings. The van der Waals surface area contributed by atoms with Crippen LogP contribution < -0.4 is 0 Å². The normalized spacial score (nSPS) is 18.9. The number of rotatable bonds is 47. The second-order valence-electron chi connectivity index (χ2n) is 19.2. The Kier molecular flexibility index (Phi) is 44.7. The van der Waals surface area contributed by atoms with Gasteiger partial charge in [-0.05, 0) is 109 Å². The van der Waals surface area contributed by atoms with E-state index in [-0.39, 0.29) is 25.9 Å². The molecular weight excluding hydrogens is 925 g/mol. The fourth-order valence-electron chi connectivity index (χ4n) is 8.04. The van der Waals surface area contributed by atoms with Crippen LogP contribution in [-0.2, 0) is 42.9 Å². The molecule has 1 fully saturated rings. The molecule has 1 rings (SSSR count). The minimum Gasteiger partial charge on any atom is -0.479 e. The molecule has 3 N–H and O–H groups in total. The van der Waals surface area contributed by atoms with Gasteiger partial charge in [-0.3, -0.25) is 14.4 Å². The Hall–Kier alpha value is -4.10. The lowest BCUT2D eigenvalue weighted by molar-refractivity contribution is -0.301. The molecule has 1 aliphatic heterocycles. The highest BCUT2D eigenvalue weighted by Gasteiger charge is 2.50. The van der Waals surface area contributed by atoms with Gasteiger partial charge in [0, 0.05) is 19.3 Å². The molecule has 0 aromatic rings. The molecule has 1 saturated heterocycles. The number of carbonyl (C=O) groups excluding carboxylic acids is 3. The Bertz CT molecular complexity index is 1590. The van der Waals surface area contributed by atoms with Gasteiger partial charge in [-0.15, -0.1) is 0 Å². The summed E-state index contributed by atoms with van der Waals surface area (Å²) in [5, 5.41) is 31.4. The van der Waals surface area contributed by atoms with Crippen molar-refractivity contribution >= 4 is 23.9 Å². The van der Waals surface area contributed by atoms with Gasteiger partial charge in [-0.1, -0.05) is 183 Å². The molecule has 0 radical (unpaired) electrons. The lowest BCUT2D eigenvalue weighted by atomic mass is 9.98. The standard InChI is InChI=1S/C61H100O12/c1-4-7-10-13-16-19-22-25-27-30-32-35-38-41-44-47-53(62)69-50-52(71-54(63)48-45-42-39-36-34-31-28-26-23-20-17-14-11-8-5-2)51-70-61-59(57(66)56(65)58(73-61)60(67)68)72-55(64)49-46-43-40-37-33-29-24-21-18-15-12-9-6-3/h7,10,12,15-17,19-21,24-28,52,56-59,61,65-66H,4-6,8-9,11,13-14,18,22-23,29-51H2,1-3H3,(H,67,68)/b10-7-,15-12-,19-16-,20-17-,24-21-,27-25-,28-26-. The number of aliphatic hydroxyl groups is 2. The number of esters is 3. The molecule has 0 amide bonds. The van der Waals surface area contributed by atoms with Crippen LogP contribution in [0.4, 0.5) is 0 Å². The summed E-state index contributed by atoms with van der Waals surface area (Å²) >= 11 is 0. The van der Waals surface area contributed by atoms with Gasteiger partial charge in [0.1, 0.15) is 18.8 Å². The first-order chi connectivity index (χ1) is 35.6. The van der Waals surface area contributed by atoms with E-state index in [1.807, 2.05) is 0 Å². The Morgan fingerprint density at radius 3 is 1.37 bits per heavy atom. The molecule has 6 unspecified atom stereocenters. The Balaban J connectivity index is 2.74. The summed E-state index contributed by atoms with van der Waals surface area (Å²) in [6, 6.07) is 0. The maximum atomic E-state index is 13.1. The van der Waals surface area contributed by atoms with Crippen molar-refractivity contribution in [2.45, 2.75) is 263 Å². The van der Waals surface area contributed by atoms with Gasteiger partial charge in [0.2, 0.25) is 0 Å². The number of carbonyl (C=O) groups is 4. The molecule has 0 aliphatic carbocycles. The van der Waals surface area contributed by atoms with Crippen LogP contribution in [0, 0.1) is 0 Å². The molecule has 0 aromatic heterocycles. The third-order valence-corrected chi connectivity index (χ3v) is 12.4. The predicted octanol–water partition coefficient (Wildman–Crippen LogP) is 14.3. The van der Waals surface area contributed by atoms with Gasteiger partial charge in [0.05, 0.1) is 6.61 Å². The number of carboxylic acids is 1. The topological polar surface area (TPSA) is 175 Å². The summed E-state index contributed by atoms with van der Waals surface area (Å²) in [7, 11) is 0. The number of carboxylic acid groups (broad SMARTS) is 1. The monoisotopic (exact) mass is 1020 g/mol. The average Bonchev–Trinajstić information content (AvgIpc) is 3.37. The van der Waals surface area contributed by atoms with Gasteiger partial charge in [-0.2, -0.15) is 0 Å². The highest BCUT2D eigenvalue weighted by atomic mass is 16.7. The zero-order chi connectivity index (χ0) is 53.3. The molecule has 1 heterocycles. The Morgan fingerprint density at radius 1 is 0.466 bits per heavy atom. The molecule has 6 atom stereocenters. The third-order valence-electron chi connectivity index (χ3n) is 12.4. The van der Waals surface area contributed by atoms with E-state index in [1.54, 1.807) is 0 Å². The number of aliphatic carboxylic acids is 1. The van der Waals surface area contributed by atoms with Crippen LogP contribution in [0.15, 0.2) is 85.1 Å². The highest BCUT2D eigenvalue weighted by Crippen LogP contribution is 2.26. The van der Waals surface area contributed by atoms with Crippen LogP contribution >= 0.6 is 0 Å². The molecule has 416 valence electrons. The molecule has 0 spiro atoms. The predicted molar refractivity (Wildman–Crippen MR) is 294 cm³/mol. The van der Waals surface area contributed by atoms with E-state index >= 15 is 0 Å². The van der Waals surface area contributed by atoms with Gasteiger partial charge >= 0.3 is 23.9 Å². The first-order valence-corrected chi connectivity index (χ1v) is 28.6. The summed E-state index contributed by atoms with van der Waals surface area (Å²) in [6.07, 6.45) is 49.8. The zero-order valence-electron chi connectivity index (χ0n) is 45.6. The largest absolute Gasteiger partial charge is 0.479 e. The summed E-state index contributed by atoms with van der Waals surface area (Å²) < 4.78 is 28.3. The van der Waals surface area contributed by atoms with E-state index in [4.69, 9.17) is 23.7 Å². The summed E-state index contributed by atoms with van der Waals surface area (Å²) in [5.74, 6) is -3.18. The van der Waals surface area contributed by atoms with Crippen LogP contribution in [0.3, 0.4) is 0 Å². The summed E-state index contributed by atoms with van der Waals surface area (Å²) in [5.41, 5.74) is 0. The van der Waals surface area contributed by atoms with Crippen LogP contribution in [-0.4, -0.2) is 89.2 Å². The molecule has 12 heteroatoms. The summed E-state index contributed by atoms with van der Waals surface area (Å²) in [6.45, 7) is 5.74. The number of aliphatic hydroxyl groups excluding tert-OH is 2. The van der Waals surface area contributed by atoms with Crippen LogP contribution in [0.2, 0.25) is 0 Å². The first kappa shape index (κ1) is 66.9. The van der Waals surface area contributed by atoms with Crippen molar-refractivity contribution in [1.29, 1.82) is 0 Å². The number of ether oxygens (including phenoxy) is 5. The SMILES string of the molecule is CC/C=C\C/C=C\C/C=C\CCCCCCCC(=O)OCC(COC1OC(C(=O)O)C(O)C(O)C1OC(=O)CCCCCCC/C=C\C/C=C\CCC)OC(=O)CCCCCCC/C=C\C/C=C\CCCCC. The van der Waals surface area contributed by atoms with Crippen molar-refractivity contribution in [3.05, 3.63) is 85.1 Å². The molecule has 0 bridgehead atoms. The molecular formula is C61H100O12. The lowest BCUT2D eigenvalue weighted by Crippen LogP contribution is -2.61. The average molecular weight is 1030 g/mol. The molecule has 73 heavy (non-hydrogen) atoms. The van der Waals surface area contributed by atoms with Crippen molar-refractivity contribution in [3.63, 3.8) is 0 Å². The second-order valence-corrected chi connectivity index (χ2v) is 19.2. The van der Waals surface area contributed by atoms with Gasteiger partial charge < -0.3 is 39.0 Å². The van der Waals surface area contributed by atoms with Crippen molar-refractivity contribution in [1.82, 2.24) is 0 Å². The quantitative estimate of drug-likeness (QED) is 0.0228. The maximum absolute atomic E-state index is 13.1. The van der Waals surface area contributed by atoms with E-state index in [2.05, 4.69) is 106 Å². The molecule has 0 aromatic carbocycles. The smallest absolute Gasteiger partial charge is 0.335 e. The fraction of sp³-hybridized carbons (Fsp3) is 0.705. The van der Waals surface area contributed by atoms with Crippen molar-refractivity contribution in [2.75, 3.05) is 13.2 Å². The van der Waals surface area contributed by atoms with E-state index in [9.17, 15) is 34.5 Å². The van der Waals surface area contributed by atoms with E-state index in [1.165, 1.54) is 19.3 Å². The maximum Gasteiger partial charge on any atom is 0.335 e. The van der Waals surface area contributed by atoms with Crippen molar-refractivity contribution in [2.24, 2.45) is 0 Å². The van der Waals surface area contributed by atoms with Crippen LogP contribution in [0.5, 0.6) is 0 Å². The van der Waals surface area contributed by atoms with E-state index < -0.39 is 67.3 Å². The van der Waals surface area contributed by atoms with Crippen LogP contribution in [0.1, 0.15) is 226 Å². The highest BCUT2D eigenvalue weighted by molar-refractivity contribution is 5.74. The second kappa shape index (κ2) is 48.8. The van der Waals surface area contributed by atoms with E-state index in [0.717, 1.165) is 148 Å². The zero-order valence-corrected chi connectivity index (χ0v) is 45.6. The van der Waals surface area contributed by atoms with Crippen LogP contribution in [0.25, 0.3) is 0 Å². The van der Waals surface area contributed by atoms with Crippen molar-refractivity contribution in [3.8, 4) is 0 Å². The van der Waals surface area contributed by atoms with Gasteiger partial charge in [0.15, 0.2) is 24.6 Å². The minimum atomic E-state index is -1.91. The number of unbranched alkanes of at least 4 members (excludes halogenated alkanes) is 19. The Morgan fingerprint density at radius 2 is 0.890 bits per heavy atom.